The van der Waals surface area contributed by atoms with Crippen molar-refractivity contribution in [2.24, 2.45) is 0 Å². The van der Waals surface area contributed by atoms with Crippen LogP contribution in [0.3, 0.4) is 0 Å². The lowest BCUT2D eigenvalue weighted by atomic mass is 10.1. The number of carbonyl (C=O) groups is 1. The minimum atomic E-state index is -4.59. The number of fused-ring (bicyclic) bond motifs is 1. The molecular weight excluding hydrogens is 329 g/mol. The van der Waals surface area contributed by atoms with Crippen LogP contribution in [0.25, 0.3) is 0 Å². The number of hydrogen-bond donors (Lipinski definition) is 0. The minimum absolute atomic E-state index is 0.0358. The van der Waals surface area contributed by atoms with Crippen LogP contribution < -0.4 is 5.69 Å². The van der Waals surface area contributed by atoms with Crippen LogP contribution in [0.15, 0.2) is 4.79 Å². The third kappa shape index (κ3) is 3.06. The predicted molar refractivity (Wildman–Crippen MR) is 76.4 cm³/mol. The molecule has 1 saturated heterocycles. The highest BCUT2D eigenvalue weighted by molar-refractivity contribution is 5.76. The van der Waals surface area contributed by atoms with Gasteiger partial charge in [0.1, 0.15) is 12.4 Å². The first kappa shape index (κ1) is 17.0. The highest BCUT2D eigenvalue weighted by Crippen LogP contribution is 2.31. The van der Waals surface area contributed by atoms with Gasteiger partial charge in [-0.25, -0.2) is 9.48 Å². The average molecular weight is 348 g/mol. The van der Waals surface area contributed by atoms with Gasteiger partial charge < -0.3 is 9.64 Å². The van der Waals surface area contributed by atoms with Crippen LogP contribution in [-0.4, -0.2) is 56.6 Å². The molecular formula is C14H19F3N4O3. The third-order valence-electron chi connectivity index (χ3n) is 4.47. The van der Waals surface area contributed by atoms with Gasteiger partial charge in [-0.15, -0.1) is 0 Å². The number of hydrogen-bond acceptors (Lipinski definition) is 4. The van der Waals surface area contributed by atoms with Gasteiger partial charge in [0.05, 0.1) is 12.7 Å². The number of aryl methyl sites for hydroxylation is 1. The zero-order valence-electron chi connectivity index (χ0n) is 13.3. The second-order valence-electron chi connectivity index (χ2n) is 6.11. The summed E-state index contributed by atoms with van der Waals surface area (Å²) in [4.78, 5) is 25.4. The van der Waals surface area contributed by atoms with Crippen LogP contribution in [0.4, 0.5) is 13.2 Å². The average Bonchev–Trinajstić information content (AvgIpc) is 2.82. The first-order valence-electron chi connectivity index (χ1n) is 7.93. The van der Waals surface area contributed by atoms with E-state index in [4.69, 9.17) is 4.74 Å². The van der Waals surface area contributed by atoms with Gasteiger partial charge in [0.2, 0.25) is 5.91 Å². The van der Waals surface area contributed by atoms with Crippen LogP contribution in [0, 0.1) is 0 Å². The quantitative estimate of drug-likeness (QED) is 0.783. The largest absolute Gasteiger partial charge is 0.411 e. The number of nitrogens with zero attached hydrogens (tertiary/aromatic N) is 4. The van der Waals surface area contributed by atoms with E-state index < -0.39 is 36.5 Å². The summed E-state index contributed by atoms with van der Waals surface area (Å²) in [6, 6.07) is -2.01. The molecule has 1 fully saturated rings. The number of morpholine rings is 1. The summed E-state index contributed by atoms with van der Waals surface area (Å²) in [6.07, 6.45) is -3.34. The molecule has 134 valence electrons. The van der Waals surface area contributed by atoms with Gasteiger partial charge in [-0.3, -0.25) is 9.36 Å². The second kappa shape index (κ2) is 6.23. The maximum atomic E-state index is 13.2. The molecule has 0 saturated carbocycles. The molecule has 3 rings (SSSR count). The Morgan fingerprint density at radius 3 is 2.75 bits per heavy atom. The fourth-order valence-electron chi connectivity index (χ4n) is 3.31. The van der Waals surface area contributed by atoms with Gasteiger partial charge in [-0.05, 0) is 19.8 Å². The number of ether oxygens (including phenoxy) is 1. The fourth-order valence-corrected chi connectivity index (χ4v) is 3.31. The van der Waals surface area contributed by atoms with Gasteiger partial charge in [0.15, 0.2) is 6.04 Å². The molecule has 0 radical (unpaired) electrons. The lowest BCUT2D eigenvalue weighted by Crippen LogP contribution is -2.60. The normalized spacial score (nSPS) is 24.8. The molecule has 24 heavy (non-hydrogen) atoms. The molecule has 0 aliphatic carbocycles. The molecule has 3 heterocycles. The van der Waals surface area contributed by atoms with E-state index in [0.29, 0.717) is 18.8 Å². The summed E-state index contributed by atoms with van der Waals surface area (Å²) in [5.74, 6) is -0.188. The molecule has 0 bridgehead atoms. The molecule has 1 aromatic rings. The van der Waals surface area contributed by atoms with E-state index in [1.165, 1.54) is 11.5 Å². The summed E-state index contributed by atoms with van der Waals surface area (Å²) < 4.78 is 47.2. The van der Waals surface area contributed by atoms with E-state index in [9.17, 15) is 22.8 Å². The molecule has 0 aromatic carbocycles. The van der Waals surface area contributed by atoms with E-state index in [0.717, 1.165) is 22.4 Å². The molecule has 0 N–H and O–H groups in total. The molecule has 2 aliphatic rings. The number of amides is 1. The molecule has 2 atom stereocenters. The van der Waals surface area contributed by atoms with Crippen LogP contribution in [0.5, 0.6) is 0 Å². The summed E-state index contributed by atoms with van der Waals surface area (Å²) in [6.45, 7) is 1.21. The SMILES string of the molecule is C[C@@H]1OCCN(C(=O)Cn2nc3n(c2=O)CCCC3)[C@@H]1C(F)(F)F. The molecule has 0 unspecified atom stereocenters. The van der Waals surface area contributed by atoms with Crippen LogP contribution in [0.2, 0.25) is 0 Å². The minimum Gasteiger partial charge on any atom is -0.374 e. The Morgan fingerprint density at radius 2 is 2.08 bits per heavy atom. The van der Waals surface area contributed by atoms with E-state index in [1.54, 1.807) is 0 Å². The Kier molecular flexibility index (Phi) is 4.41. The molecule has 1 aromatic heterocycles. The predicted octanol–water partition coefficient (Wildman–Crippen LogP) is 0.559. The Morgan fingerprint density at radius 1 is 1.33 bits per heavy atom. The number of aromatic nitrogens is 3. The van der Waals surface area contributed by atoms with Crippen molar-refractivity contribution in [1.82, 2.24) is 19.2 Å². The first-order chi connectivity index (χ1) is 11.3. The topological polar surface area (TPSA) is 69.4 Å². The van der Waals surface area contributed by atoms with E-state index in [1.807, 2.05) is 0 Å². The van der Waals surface area contributed by atoms with Crippen LogP contribution in [0.1, 0.15) is 25.6 Å². The van der Waals surface area contributed by atoms with Gasteiger partial charge in [-0.1, -0.05) is 0 Å². The molecule has 1 amide bonds. The maximum absolute atomic E-state index is 13.2. The summed E-state index contributed by atoms with van der Waals surface area (Å²) in [5.41, 5.74) is -0.442. The lowest BCUT2D eigenvalue weighted by Gasteiger charge is -2.40. The van der Waals surface area contributed by atoms with Crippen molar-refractivity contribution in [3.63, 3.8) is 0 Å². The number of alkyl halides is 3. The van der Waals surface area contributed by atoms with Gasteiger partial charge in [-0.2, -0.15) is 18.3 Å². The Balaban J connectivity index is 1.81. The number of carbonyl (C=O) groups excluding carboxylic acids is 1. The zero-order chi connectivity index (χ0) is 17.5. The highest BCUT2D eigenvalue weighted by Gasteiger charge is 2.50. The first-order valence-corrected chi connectivity index (χ1v) is 7.93. The van der Waals surface area contributed by atoms with Gasteiger partial charge in [0.25, 0.3) is 0 Å². The second-order valence-corrected chi connectivity index (χ2v) is 6.11. The third-order valence-corrected chi connectivity index (χ3v) is 4.47. The summed E-state index contributed by atoms with van der Waals surface area (Å²) in [7, 11) is 0. The number of rotatable bonds is 2. The van der Waals surface area contributed by atoms with Crippen molar-refractivity contribution in [2.75, 3.05) is 13.2 Å². The van der Waals surface area contributed by atoms with Crippen LogP contribution in [-0.2, 0) is 29.0 Å². The van der Waals surface area contributed by atoms with Crippen molar-refractivity contribution >= 4 is 5.91 Å². The monoisotopic (exact) mass is 348 g/mol. The van der Waals surface area contributed by atoms with E-state index in [-0.39, 0.29) is 13.2 Å². The van der Waals surface area contributed by atoms with Crippen molar-refractivity contribution in [3.05, 3.63) is 16.3 Å². The maximum Gasteiger partial charge on any atom is 0.411 e. The van der Waals surface area contributed by atoms with Crippen molar-refractivity contribution < 1.29 is 22.7 Å². The van der Waals surface area contributed by atoms with Gasteiger partial charge >= 0.3 is 11.9 Å². The van der Waals surface area contributed by atoms with Gasteiger partial charge in [0, 0.05) is 19.5 Å². The van der Waals surface area contributed by atoms with E-state index >= 15 is 0 Å². The Labute approximate surface area is 136 Å². The molecule has 10 heteroatoms. The molecule has 7 nitrogen and oxygen atoms in total. The summed E-state index contributed by atoms with van der Waals surface area (Å²) >= 11 is 0. The fraction of sp³-hybridized carbons (Fsp3) is 0.786. The van der Waals surface area contributed by atoms with Crippen molar-refractivity contribution in [1.29, 1.82) is 0 Å². The molecule has 0 spiro atoms. The van der Waals surface area contributed by atoms with E-state index in [2.05, 4.69) is 5.10 Å². The Bertz CT molecular complexity index is 682. The van der Waals surface area contributed by atoms with Crippen LogP contribution >= 0.6 is 0 Å². The summed E-state index contributed by atoms with van der Waals surface area (Å²) in [5, 5.41) is 4.10. The lowest BCUT2D eigenvalue weighted by molar-refractivity contribution is -0.230. The van der Waals surface area contributed by atoms with Crippen molar-refractivity contribution in [3.8, 4) is 0 Å². The van der Waals surface area contributed by atoms with Crippen molar-refractivity contribution in [2.45, 2.75) is 57.6 Å². The number of halogens is 3. The smallest absolute Gasteiger partial charge is 0.374 e. The zero-order valence-corrected chi connectivity index (χ0v) is 13.3. The molecule has 2 aliphatic heterocycles. The standard InChI is InChI=1S/C14H19F3N4O3/c1-9-12(14(15,16)17)20(6-7-24-9)11(22)8-21-13(23)19-5-3-2-4-10(19)18-21/h9,12H,2-8H2,1H3/t9-,12-/m0/s1. The highest BCUT2D eigenvalue weighted by atomic mass is 19.4. The Hall–Kier alpha value is -1.84.